The van der Waals surface area contributed by atoms with Crippen molar-refractivity contribution in [2.24, 2.45) is 0 Å². The van der Waals surface area contributed by atoms with E-state index in [-0.39, 0.29) is 23.3 Å². The first-order valence-electron chi connectivity index (χ1n) is 12.8. The zero-order valence-corrected chi connectivity index (χ0v) is 23.9. The summed E-state index contributed by atoms with van der Waals surface area (Å²) in [4.78, 5) is 24.5. The molecule has 0 bridgehead atoms. The van der Waals surface area contributed by atoms with Crippen molar-refractivity contribution >= 4 is 44.8 Å². The number of sulfonamides is 1. The minimum absolute atomic E-state index is 0.000569. The monoisotopic (exact) mass is 613 g/mol. The number of rotatable bonds is 7. The third-order valence-corrected chi connectivity index (χ3v) is 10.8. The number of anilines is 1. The first-order chi connectivity index (χ1) is 18.9. The molecular weight excluding hydrogens is 587 g/mol. The van der Waals surface area contributed by atoms with Gasteiger partial charge >= 0.3 is 6.18 Å². The average Bonchev–Trinajstić information content (AvgIpc) is 3.68. The van der Waals surface area contributed by atoms with Gasteiger partial charge in [0.2, 0.25) is 11.9 Å². The summed E-state index contributed by atoms with van der Waals surface area (Å²) in [5, 5.41) is 2.81. The van der Waals surface area contributed by atoms with Crippen molar-refractivity contribution in [3.8, 4) is 11.3 Å². The van der Waals surface area contributed by atoms with Gasteiger partial charge in [0.15, 0.2) is 0 Å². The van der Waals surface area contributed by atoms with Gasteiger partial charge in [0.25, 0.3) is 10.0 Å². The topological polar surface area (TPSA) is 95.5 Å². The quantitative estimate of drug-likeness (QED) is 0.387. The summed E-state index contributed by atoms with van der Waals surface area (Å²) in [6, 6.07) is 8.62. The highest BCUT2D eigenvalue weighted by molar-refractivity contribution is 7.91. The Morgan fingerprint density at radius 2 is 1.82 bits per heavy atom. The molecule has 1 aromatic carbocycles. The van der Waals surface area contributed by atoms with Gasteiger partial charge in [0.05, 0.1) is 27.8 Å². The van der Waals surface area contributed by atoms with Crippen molar-refractivity contribution in [2.75, 3.05) is 18.0 Å². The van der Waals surface area contributed by atoms with Crippen LogP contribution in [0.5, 0.6) is 0 Å². The van der Waals surface area contributed by atoms with E-state index in [0.717, 1.165) is 42.9 Å². The van der Waals surface area contributed by atoms with Gasteiger partial charge in [-0.1, -0.05) is 23.7 Å². The Morgan fingerprint density at radius 3 is 2.45 bits per heavy atom. The number of aromatic nitrogens is 2. The summed E-state index contributed by atoms with van der Waals surface area (Å²) < 4.78 is 67.2. The molecule has 8 nitrogen and oxygen atoms in total. The van der Waals surface area contributed by atoms with Gasteiger partial charge < -0.3 is 10.2 Å². The van der Waals surface area contributed by atoms with Crippen LogP contribution in [0.3, 0.4) is 0 Å². The Morgan fingerprint density at radius 1 is 1.10 bits per heavy atom. The Kier molecular flexibility index (Phi) is 8.10. The van der Waals surface area contributed by atoms with Crippen molar-refractivity contribution in [2.45, 2.75) is 61.6 Å². The molecule has 0 saturated carbocycles. The minimum atomic E-state index is -4.45. The number of nitrogens with one attached hydrogen (secondary N) is 1. The van der Waals surface area contributed by atoms with E-state index in [1.54, 1.807) is 6.07 Å². The van der Waals surface area contributed by atoms with E-state index in [9.17, 15) is 26.4 Å². The predicted molar refractivity (Wildman–Crippen MR) is 147 cm³/mol. The maximum atomic E-state index is 13.2. The summed E-state index contributed by atoms with van der Waals surface area (Å²) in [5.41, 5.74) is 0.623. The Balaban J connectivity index is 1.38. The summed E-state index contributed by atoms with van der Waals surface area (Å²) in [5.74, 6) is -0.0131. The first kappa shape index (κ1) is 28.8. The fourth-order valence-corrected chi connectivity index (χ4v) is 8.32. The lowest BCUT2D eigenvalue weighted by molar-refractivity contribution is -0.137. The van der Waals surface area contributed by atoms with Gasteiger partial charge in [0.1, 0.15) is 10.3 Å². The van der Waals surface area contributed by atoms with Crippen LogP contribution in [0.15, 0.2) is 46.7 Å². The zero-order valence-electron chi connectivity index (χ0n) is 21.5. The zero-order chi connectivity index (χ0) is 28.7. The molecule has 1 amide bonds. The van der Waals surface area contributed by atoms with Crippen LogP contribution < -0.4 is 10.2 Å². The molecule has 2 aliphatic rings. The molecule has 3 aromatic rings. The number of thiophene rings is 1. The minimum Gasteiger partial charge on any atom is -0.349 e. The second kappa shape index (κ2) is 11.3. The van der Waals surface area contributed by atoms with E-state index < -0.39 is 33.7 Å². The molecule has 0 aliphatic carbocycles. The second-order valence-electron chi connectivity index (χ2n) is 9.85. The number of amides is 1. The highest BCUT2D eigenvalue weighted by atomic mass is 35.5. The van der Waals surface area contributed by atoms with Crippen LogP contribution in [-0.2, 0) is 27.5 Å². The smallest absolute Gasteiger partial charge is 0.349 e. The lowest BCUT2D eigenvalue weighted by Gasteiger charge is -2.24. The average molecular weight is 614 g/mol. The molecule has 0 spiro atoms. The number of carbonyl (C=O) groups excluding carboxylic acids is 1. The fraction of sp³-hybridized carbons (Fsp3) is 0.423. The summed E-state index contributed by atoms with van der Waals surface area (Å²) in [6.07, 6.45) is -1.61. The number of halogens is 4. The SMILES string of the molecule is CC1CCCN1c1nc(CNC(=O)C2CCCN2S(=O)(=O)c2ccc(Cl)s2)cc(-c2ccc(C(F)(F)F)cc2)n1. The Labute approximate surface area is 239 Å². The van der Waals surface area contributed by atoms with Crippen LogP contribution in [-0.4, -0.2) is 53.8 Å². The molecule has 214 valence electrons. The van der Waals surface area contributed by atoms with Crippen molar-refractivity contribution < 1.29 is 26.4 Å². The molecule has 14 heteroatoms. The molecule has 2 aliphatic heterocycles. The number of carbonyl (C=O) groups is 1. The number of benzene rings is 1. The van der Waals surface area contributed by atoms with E-state index in [4.69, 9.17) is 11.6 Å². The standard InChI is InChI=1S/C26H27ClF3N5O3S2/c1-16-4-2-12-34(16)25-32-19(14-20(33-25)17-6-8-18(9-7-17)26(28,29)30)15-31-24(36)21-5-3-13-35(21)40(37,38)23-11-10-22(27)39-23/h6-11,14,16,21H,2-5,12-13,15H2,1H3,(H,31,36). The van der Waals surface area contributed by atoms with E-state index in [0.29, 0.717) is 40.1 Å². The van der Waals surface area contributed by atoms with Crippen LogP contribution in [0, 0.1) is 0 Å². The van der Waals surface area contributed by atoms with Gasteiger partial charge in [-0.3, -0.25) is 4.79 Å². The fourth-order valence-electron chi connectivity index (χ4n) is 5.05. The third-order valence-electron chi connectivity index (χ3n) is 7.15. The van der Waals surface area contributed by atoms with E-state index in [2.05, 4.69) is 22.2 Å². The largest absolute Gasteiger partial charge is 0.416 e. The molecular formula is C26H27ClF3N5O3S2. The predicted octanol–water partition coefficient (Wildman–Crippen LogP) is 5.34. The van der Waals surface area contributed by atoms with Crippen LogP contribution in [0.25, 0.3) is 11.3 Å². The maximum Gasteiger partial charge on any atom is 0.416 e. The van der Waals surface area contributed by atoms with Gasteiger partial charge in [0, 0.05) is 24.7 Å². The molecule has 40 heavy (non-hydrogen) atoms. The molecule has 2 aromatic heterocycles. The Bertz CT molecular complexity index is 1500. The maximum absolute atomic E-state index is 13.2. The van der Waals surface area contributed by atoms with Gasteiger partial charge in [-0.2, -0.15) is 17.5 Å². The normalized spacial score (nSPS) is 20.3. The number of nitrogens with zero attached hydrogens (tertiary/aromatic N) is 4. The molecule has 0 radical (unpaired) electrons. The second-order valence-corrected chi connectivity index (χ2v) is 13.7. The van der Waals surface area contributed by atoms with Crippen LogP contribution in [0.1, 0.15) is 43.9 Å². The highest BCUT2D eigenvalue weighted by Crippen LogP contribution is 2.33. The third kappa shape index (κ3) is 5.97. The van der Waals surface area contributed by atoms with Crippen molar-refractivity contribution in [1.82, 2.24) is 19.6 Å². The molecule has 1 N–H and O–H groups in total. The number of hydrogen-bond donors (Lipinski definition) is 1. The number of hydrogen-bond acceptors (Lipinski definition) is 7. The van der Waals surface area contributed by atoms with Gasteiger partial charge in [-0.05, 0) is 62.9 Å². The van der Waals surface area contributed by atoms with Crippen molar-refractivity contribution in [1.29, 1.82) is 0 Å². The van der Waals surface area contributed by atoms with Crippen LogP contribution in [0.4, 0.5) is 19.1 Å². The molecule has 4 heterocycles. The lowest BCUT2D eigenvalue weighted by Crippen LogP contribution is -2.45. The summed E-state index contributed by atoms with van der Waals surface area (Å²) in [7, 11) is -3.88. The van der Waals surface area contributed by atoms with Crippen LogP contribution >= 0.6 is 22.9 Å². The first-order valence-corrected chi connectivity index (χ1v) is 15.4. The molecule has 2 unspecified atom stereocenters. The lowest BCUT2D eigenvalue weighted by atomic mass is 10.1. The van der Waals surface area contributed by atoms with E-state index in [1.807, 2.05) is 4.90 Å². The highest BCUT2D eigenvalue weighted by Gasteiger charge is 2.40. The van der Waals surface area contributed by atoms with Crippen LogP contribution in [0.2, 0.25) is 4.34 Å². The molecule has 2 atom stereocenters. The molecule has 2 fully saturated rings. The summed E-state index contributed by atoms with van der Waals surface area (Å²) in [6.45, 7) is 3.02. The van der Waals surface area contributed by atoms with E-state index in [1.165, 1.54) is 28.6 Å². The van der Waals surface area contributed by atoms with Crippen molar-refractivity contribution in [3.05, 3.63) is 58.1 Å². The Hall–Kier alpha value is -2.74. The summed E-state index contributed by atoms with van der Waals surface area (Å²) >= 11 is 6.87. The number of alkyl halides is 3. The van der Waals surface area contributed by atoms with Crippen molar-refractivity contribution in [3.63, 3.8) is 0 Å². The van der Waals surface area contributed by atoms with E-state index >= 15 is 0 Å². The van der Waals surface area contributed by atoms with Gasteiger partial charge in [-0.15, -0.1) is 11.3 Å². The van der Waals surface area contributed by atoms with Gasteiger partial charge in [-0.25, -0.2) is 18.4 Å². The molecule has 2 saturated heterocycles. The molecule has 5 rings (SSSR count).